The Morgan fingerprint density at radius 3 is 2.50 bits per heavy atom. The number of nitrogens with zero attached hydrogens (tertiary/aromatic N) is 4. The number of hydrogen-bond donors (Lipinski definition) is 1. The van der Waals surface area contributed by atoms with Crippen molar-refractivity contribution < 1.29 is 19.2 Å². The minimum absolute atomic E-state index is 0.0582. The molecule has 1 aromatic heterocycles. The third-order valence-electron chi connectivity index (χ3n) is 7.62. The Balaban J connectivity index is 1.53. The molecule has 0 atom stereocenters. The predicted octanol–water partition coefficient (Wildman–Crippen LogP) is 5.42. The van der Waals surface area contributed by atoms with E-state index >= 15 is 0 Å². The van der Waals surface area contributed by atoms with Gasteiger partial charge < -0.3 is 15.1 Å². The van der Waals surface area contributed by atoms with Gasteiger partial charge >= 0.3 is 0 Å². The Morgan fingerprint density at radius 2 is 1.79 bits per heavy atom. The normalized spacial score (nSPS) is 15.5. The number of aromatic nitrogens is 1. The maximum Gasteiger partial charge on any atom is 0.283 e. The summed E-state index contributed by atoms with van der Waals surface area (Å²) in [5.41, 5.74) is 2.82. The summed E-state index contributed by atoms with van der Waals surface area (Å²) >= 11 is 6.30. The van der Waals surface area contributed by atoms with Crippen molar-refractivity contribution in [2.75, 3.05) is 41.1 Å². The van der Waals surface area contributed by atoms with Crippen LogP contribution < -0.4 is 20.2 Å². The number of carbonyl (C=O) groups excluding carboxylic acids is 3. The molecule has 0 aliphatic carbocycles. The Hall–Kier alpha value is -3.95. The highest BCUT2D eigenvalue weighted by molar-refractivity contribution is 6.30. The monoisotopic (exact) mass is 589 g/mol. The predicted molar refractivity (Wildman–Crippen MR) is 164 cm³/mol. The second-order valence-corrected chi connectivity index (χ2v) is 11.0. The highest BCUT2D eigenvalue weighted by atomic mass is 35.5. The molecule has 2 aliphatic heterocycles. The number of pyridine rings is 1. The van der Waals surface area contributed by atoms with Crippen molar-refractivity contribution in [1.29, 1.82) is 0 Å². The van der Waals surface area contributed by atoms with E-state index in [0.29, 0.717) is 60.3 Å². The van der Waals surface area contributed by atoms with E-state index in [1.807, 2.05) is 29.2 Å². The zero-order valence-electron chi connectivity index (χ0n) is 24.0. The SMILES string of the molecule is CCON(C(=O)c1ccccc1)c1ccc(C(=O)N2CCCCc3cc(Cl)ccc32)c(N2CCC(NC(C)=O)CC2)n1. The van der Waals surface area contributed by atoms with Crippen LogP contribution in [-0.4, -0.2) is 55.0 Å². The van der Waals surface area contributed by atoms with Crippen LogP contribution in [-0.2, 0) is 16.1 Å². The highest BCUT2D eigenvalue weighted by Gasteiger charge is 2.31. The lowest BCUT2D eigenvalue weighted by Crippen LogP contribution is -2.45. The average molecular weight is 590 g/mol. The quantitative estimate of drug-likeness (QED) is 0.370. The van der Waals surface area contributed by atoms with Crippen molar-refractivity contribution in [2.24, 2.45) is 0 Å². The number of piperidine rings is 1. The van der Waals surface area contributed by atoms with Crippen LogP contribution in [0.2, 0.25) is 5.02 Å². The molecule has 1 N–H and O–H groups in total. The first-order valence-corrected chi connectivity index (χ1v) is 14.9. The van der Waals surface area contributed by atoms with Gasteiger partial charge in [0.1, 0.15) is 5.82 Å². The maximum absolute atomic E-state index is 14.3. The molecule has 10 heteroatoms. The number of rotatable bonds is 7. The second kappa shape index (κ2) is 13.4. The van der Waals surface area contributed by atoms with Crippen LogP contribution in [0.5, 0.6) is 0 Å². The molecule has 0 radical (unpaired) electrons. The van der Waals surface area contributed by atoms with E-state index in [9.17, 15) is 14.4 Å². The summed E-state index contributed by atoms with van der Waals surface area (Å²) in [6.45, 7) is 5.35. The number of carbonyl (C=O) groups is 3. The molecule has 42 heavy (non-hydrogen) atoms. The summed E-state index contributed by atoms with van der Waals surface area (Å²) < 4.78 is 0. The summed E-state index contributed by atoms with van der Waals surface area (Å²) in [6, 6.07) is 18.0. The van der Waals surface area contributed by atoms with E-state index in [1.54, 1.807) is 43.3 Å². The molecular formula is C32H36ClN5O4. The molecule has 1 saturated heterocycles. The lowest BCUT2D eigenvalue weighted by atomic mass is 10.0. The zero-order chi connectivity index (χ0) is 29.6. The van der Waals surface area contributed by atoms with Crippen molar-refractivity contribution in [3.63, 3.8) is 0 Å². The third-order valence-corrected chi connectivity index (χ3v) is 7.85. The minimum atomic E-state index is -0.349. The van der Waals surface area contributed by atoms with Crippen LogP contribution in [0.3, 0.4) is 0 Å². The molecule has 2 aromatic carbocycles. The van der Waals surface area contributed by atoms with Gasteiger partial charge in [-0.15, -0.1) is 0 Å². The Labute approximate surface area is 251 Å². The van der Waals surface area contributed by atoms with Crippen LogP contribution in [0, 0.1) is 0 Å². The number of fused-ring (bicyclic) bond motifs is 1. The van der Waals surface area contributed by atoms with Crippen molar-refractivity contribution in [3.05, 3.63) is 82.4 Å². The summed E-state index contributed by atoms with van der Waals surface area (Å²) in [7, 11) is 0. The topological polar surface area (TPSA) is 95.1 Å². The fourth-order valence-electron chi connectivity index (χ4n) is 5.62. The largest absolute Gasteiger partial charge is 0.356 e. The third kappa shape index (κ3) is 6.58. The number of halogens is 1. The van der Waals surface area contributed by atoms with Gasteiger partial charge in [-0.05, 0) is 87.1 Å². The number of aryl methyl sites for hydroxylation is 1. The van der Waals surface area contributed by atoms with Crippen LogP contribution in [0.25, 0.3) is 0 Å². The molecule has 0 saturated carbocycles. The smallest absolute Gasteiger partial charge is 0.283 e. The molecular weight excluding hydrogens is 554 g/mol. The Kier molecular flexibility index (Phi) is 9.39. The molecule has 2 aliphatic rings. The average Bonchev–Trinajstić information content (AvgIpc) is 3.21. The van der Waals surface area contributed by atoms with Gasteiger partial charge in [0, 0.05) is 48.9 Å². The summed E-state index contributed by atoms with van der Waals surface area (Å²) in [5, 5.41) is 4.84. The molecule has 0 spiro atoms. The Morgan fingerprint density at radius 1 is 1.02 bits per heavy atom. The molecule has 1 fully saturated rings. The fraction of sp³-hybridized carbons (Fsp3) is 0.375. The van der Waals surface area contributed by atoms with Gasteiger partial charge in [-0.2, -0.15) is 5.06 Å². The molecule has 3 amide bonds. The van der Waals surface area contributed by atoms with E-state index in [0.717, 1.165) is 30.5 Å². The maximum atomic E-state index is 14.3. The van der Waals surface area contributed by atoms with Crippen molar-refractivity contribution >= 4 is 46.6 Å². The summed E-state index contributed by atoms with van der Waals surface area (Å²) in [5.74, 6) is 0.220. The van der Waals surface area contributed by atoms with E-state index in [2.05, 4.69) is 10.2 Å². The second-order valence-electron chi connectivity index (χ2n) is 10.6. The fourth-order valence-corrected chi connectivity index (χ4v) is 5.81. The first-order chi connectivity index (χ1) is 20.4. The summed E-state index contributed by atoms with van der Waals surface area (Å²) in [4.78, 5) is 54.0. The molecule has 5 rings (SSSR count). The molecule has 0 unspecified atom stereocenters. The minimum Gasteiger partial charge on any atom is -0.356 e. The lowest BCUT2D eigenvalue weighted by molar-refractivity contribution is -0.119. The van der Waals surface area contributed by atoms with Gasteiger partial charge in [-0.25, -0.2) is 4.98 Å². The molecule has 220 valence electrons. The van der Waals surface area contributed by atoms with Gasteiger partial charge in [-0.1, -0.05) is 29.8 Å². The van der Waals surface area contributed by atoms with E-state index in [1.165, 1.54) is 12.0 Å². The number of hydrogen-bond acceptors (Lipinski definition) is 6. The first kappa shape index (κ1) is 29.5. The van der Waals surface area contributed by atoms with E-state index in [4.69, 9.17) is 21.4 Å². The van der Waals surface area contributed by atoms with Crippen LogP contribution in [0.1, 0.15) is 65.8 Å². The van der Waals surface area contributed by atoms with Gasteiger partial charge in [0.15, 0.2) is 5.82 Å². The van der Waals surface area contributed by atoms with Gasteiger partial charge in [0.2, 0.25) is 5.91 Å². The molecule has 3 heterocycles. The van der Waals surface area contributed by atoms with Crippen LogP contribution >= 0.6 is 11.6 Å². The molecule has 0 bridgehead atoms. The van der Waals surface area contributed by atoms with E-state index < -0.39 is 0 Å². The number of amides is 3. The number of nitrogens with one attached hydrogen (secondary N) is 1. The van der Waals surface area contributed by atoms with Crippen molar-refractivity contribution in [3.8, 4) is 0 Å². The van der Waals surface area contributed by atoms with Gasteiger partial charge in [0.05, 0.1) is 12.2 Å². The Bertz CT molecular complexity index is 1440. The lowest BCUT2D eigenvalue weighted by Gasteiger charge is -2.35. The molecule has 9 nitrogen and oxygen atoms in total. The van der Waals surface area contributed by atoms with Crippen molar-refractivity contribution in [1.82, 2.24) is 10.3 Å². The van der Waals surface area contributed by atoms with Gasteiger partial charge in [-0.3, -0.25) is 19.2 Å². The van der Waals surface area contributed by atoms with Gasteiger partial charge in [0.25, 0.3) is 11.8 Å². The van der Waals surface area contributed by atoms with E-state index in [-0.39, 0.29) is 30.4 Å². The number of anilines is 3. The number of benzene rings is 2. The number of hydroxylamine groups is 1. The standard InChI is InChI=1S/C32H36ClN5O4/c1-3-42-38(31(40)23-9-5-4-6-10-23)29-15-13-27(30(35-29)36-19-16-26(17-20-36)34-22(2)39)32(41)37-18-8-7-11-24-21-25(33)12-14-28(24)37/h4-6,9-10,12-15,21,26H,3,7-8,11,16-20H2,1-2H3,(H,34,39). The van der Waals surface area contributed by atoms with Crippen LogP contribution in [0.15, 0.2) is 60.7 Å². The van der Waals surface area contributed by atoms with Crippen LogP contribution in [0.4, 0.5) is 17.3 Å². The summed E-state index contributed by atoms with van der Waals surface area (Å²) in [6.07, 6.45) is 4.10. The van der Waals surface area contributed by atoms with Crippen molar-refractivity contribution in [2.45, 2.75) is 52.0 Å². The molecule has 3 aromatic rings. The highest BCUT2D eigenvalue weighted by Crippen LogP contribution is 2.33. The first-order valence-electron chi connectivity index (χ1n) is 14.5. The zero-order valence-corrected chi connectivity index (χ0v) is 24.8.